The first-order valence-corrected chi connectivity index (χ1v) is 3.85. The van der Waals surface area contributed by atoms with Gasteiger partial charge in [-0.15, -0.1) is 0 Å². The third-order valence-corrected chi connectivity index (χ3v) is 2.08. The van der Waals surface area contributed by atoms with Crippen molar-refractivity contribution >= 4 is 6.72 Å². The van der Waals surface area contributed by atoms with Gasteiger partial charge in [-0.25, -0.2) is 0 Å². The van der Waals surface area contributed by atoms with Crippen LogP contribution in [0.2, 0.25) is 0 Å². The molecule has 1 heteroatoms. The third kappa shape index (κ3) is 2.71. The highest BCUT2D eigenvalue weighted by Gasteiger charge is 2.21. The summed E-state index contributed by atoms with van der Waals surface area (Å²) in [5.41, 5.74) is -0.145. The van der Waals surface area contributed by atoms with Crippen LogP contribution < -0.4 is 0 Å². The summed E-state index contributed by atoms with van der Waals surface area (Å²) in [5, 5.41) is 0. The van der Waals surface area contributed by atoms with Gasteiger partial charge >= 0.3 is 0 Å². The SMILES string of the molecule is C=C/C=C\C(C)(N=C)C(C)C. The molecule has 0 amide bonds. The molecular formula is C10H17N. The minimum Gasteiger partial charge on any atom is -0.290 e. The van der Waals surface area contributed by atoms with Crippen molar-refractivity contribution in [1.29, 1.82) is 0 Å². The number of rotatable bonds is 4. The summed E-state index contributed by atoms with van der Waals surface area (Å²) < 4.78 is 0. The number of aliphatic imine (C=N–C) groups is 1. The summed E-state index contributed by atoms with van der Waals surface area (Å²) in [6, 6.07) is 0. The van der Waals surface area contributed by atoms with Gasteiger partial charge in [-0.2, -0.15) is 0 Å². The lowest BCUT2D eigenvalue weighted by molar-refractivity contribution is 0.425. The molecule has 0 aliphatic heterocycles. The van der Waals surface area contributed by atoms with Crippen LogP contribution in [0.4, 0.5) is 0 Å². The quantitative estimate of drug-likeness (QED) is 0.433. The number of nitrogens with zero attached hydrogens (tertiary/aromatic N) is 1. The van der Waals surface area contributed by atoms with Gasteiger partial charge in [-0.1, -0.05) is 38.7 Å². The van der Waals surface area contributed by atoms with Crippen LogP contribution in [0.1, 0.15) is 20.8 Å². The molecule has 0 fully saturated rings. The Morgan fingerprint density at radius 3 is 2.27 bits per heavy atom. The van der Waals surface area contributed by atoms with Gasteiger partial charge in [0, 0.05) is 0 Å². The minimum absolute atomic E-state index is 0.145. The molecule has 1 unspecified atom stereocenters. The Labute approximate surface area is 69.5 Å². The van der Waals surface area contributed by atoms with Crippen molar-refractivity contribution in [1.82, 2.24) is 0 Å². The Hall–Kier alpha value is -0.850. The van der Waals surface area contributed by atoms with Gasteiger partial charge in [0.15, 0.2) is 0 Å². The predicted molar refractivity (Wildman–Crippen MR) is 52.1 cm³/mol. The van der Waals surface area contributed by atoms with E-state index in [1.54, 1.807) is 6.08 Å². The molecule has 0 rings (SSSR count). The monoisotopic (exact) mass is 151 g/mol. The second-order valence-corrected chi connectivity index (χ2v) is 3.13. The molecule has 0 aromatic rings. The van der Waals surface area contributed by atoms with Gasteiger partial charge in [-0.3, -0.25) is 4.99 Å². The van der Waals surface area contributed by atoms with Gasteiger partial charge in [-0.05, 0) is 19.6 Å². The van der Waals surface area contributed by atoms with Crippen LogP contribution in [0.25, 0.3) is 0 Å². The molecule has 1 nitrogen and oxygen atoms in total. The lowest BCUT2D eigenvalue weighted by Gasteiger charge is -2.24. The standard InChI is InChI=1S/C10H17N/c1-6-7-8-10(4,11-5)9(2)3/h6-9H,1,5H2,2-4H3/b8-7-. The zero-order valence-electron chi connectivity index (χ0n) is 7.67. The van der Waals surface area contributed by atoms with E-state index in [4.69, 9.17) is 0 Å². The maximum absolute atomic E-state index is 4.07. The highest BCUT2D eigenvalue weighted by Crippen LogP contribution is 2.22. The van der Waals surface area contributed by atoms with Crippen molar-refractivity contribution in [2.24, 2.45) is 10.9 Å². The highest BCUT2D eigenvalue weighted by atomic mass is 14.8. The minimum atomic E-state index is -0.145. The molecule has 0 bridgehead atoms. The van der Waals surface area contributed by atoms with Gasteiger partial charge in [0.2, 0.25) is 0 Å². The Morgan fingerprint density at radius 2 is 2.00 bits per heavy atom. The normalized spacial score (nSPS) is 16.7. The first kappa shape index (κ1) is 10.2. The zero-order chi connectivity index (χ0) is 8.91. The van der Waals surface area contributed by atoms with Crippen LogP contribution in [0.3, 0.4) is 0 Å². The maximum atomic E-state index is 4.07. The Kier molecular flexibility index (Phi) is 3.80. The summed E-state index contributed by atoms with van der Waals surface area (Å²) in [5.74, 6) is 0.469. The van der Waals surface area contributed by atoms with E-state index in [0.717, 1.165) is 0 Å². The second-order valence-electron chi connectivity index (χ2n) is 3.13. The van der Waals surface area contributed by atoms with E-state index in [0.29, 0.717) is 5.92 Å². The summed E-state index contributed by atoms with van der Waals surface area (Å²) >= 11 is 0. The zero-order valence-corrected chi connectivity index (χ0v) is 7.67. The predicted octanol–water partition coefficient (Wildman–Crippen LogP) is 2.84. The van der Waals surface area contributed by atoms with E-state index >= 15 is 0 Å². The van der Waals surface area contributed by atoms with E-state index in [2.05, 4.69) is 39.1 Å². The Morgan fingerprint density at radius 1 is 1.45 bits per heavy atom. The second kappa shape index (κ2) is 4.12. The lowest BCUT2D eigenvalue weighted by Crippen LogP contribution is -2.25. The molecule has 0 aromatic carbocycles. The van der Waals surface area contributed by atoms with Crippen LogP contribution in [0, 0.1) is 5.92 Å². The van der Waals surface area contributed by atoms with Crippen LogP contribution in [-0.2, 0) is 0 Å². The summed E-state index contributed by atoms with van der Waals surface area (Å²) in [4.78, 5) is 4.07. The van der Waals surface area contributed by atoms with Crippen LogP contribution >= 0.6 is 0 Å². The van der Waals surface area contributed by atoms with Gasteiger partial charge in [0.25, 0.3) is 0 Å². The molecule has 0 saturated heterocycles. The van der Waals surface area contributed by atoms with E-state index < -0.39 is 0 Å². The van der Waals surface area contributed by atoms with Crippen LogP contribution in [0.15, 0.2) is 29.8 Å². The smallest absolute Gasteiger partial charge is 0.0778 e. The van der Waals surface area contributed by atoms with Gasteiger partial charge < -0.3 is 0 Å². The first-order chi connectivity index (χ1) is 5.06. The van der Waals surface area contributed by atoms with E-state index in [1.807, 2.05) is 12.2 Å². The fraction of sp³-hybridized carbons (Fsp3) is 0.500. The lowest BCUT2D eigenvalue weighted by atomic mass is 9.89. The topological polar surface area (TPSA) is 12.4 Å². The third-order valence-electron chi connectivity index (χ3n) is 2.08. The molecule has 0 spiro atoms. The summed E-state index contributed by atoms with van der Waals surface area (Å²) in [6.45, 7) is 13.5. The molecule has 0 heterocycles. The van der Waals surface area contributed by atoms with E-state index in [9.17, 15) is 0 Å². The molecule has 0 N–H and O–H groups in total. The van der Waals surface area contributed by atoms with E-state index in [1.165, 1.54) is 0 Å². The van der Waals surface area contributed by atoms with E-state index in [-0.39, 0.29) is 5.54 Å². The van der Waals surface area contributed by atoms with Crippen LogP contribution in [-0.4, -0.2) is 12.3 Å². The molecular weight excluding hydrogens is 134 g/mol. The van der Waals surface area contributed by atoms with Crippen molar-refractivity contribution in [2.75, 3.05) is 0 Å². The van der Waals surface area contributed by atoms with Crippen molar-refractivity contribution in [3.8, 4) is 0 Å². The number of allylic oxidation sites excluding steroid dienone is 2. The molecule has 0 aliphatic rings. The molecule has 1 atom stereocenters. The Balaban J connectivity index is 4.45. The highest BCUT2D eigenvalue weighted by molar-refractivity contribution is 5.29. The average Bonchev–Trinajstić information content (AvgIpc) is 2.00. The van der Waals surface area contributed by atoms with Crippen molar-refractivity contribution in [3.63, 3.8) is 0 Å². The molecule has 0 aromatic heterocycles. The maximum Gasteiger partial charge on any atom is 0.0778 e. The Bertz CT molecular complexity index is 168. The molecule has 0 radical (unpaired) electrons. The molecule has 11 heavy (non-hydrogen) atoms. The fourth-order valence-corrected chi connectivity index (χ4v) is 0.691. The van der Waals surface area contributed by atoms with Crippen LogP contribution in [0.5, 0.6) is 0 Å². The summed E-state index contributed by atoms with van der Waals surface area (Å²) in [6.07, 6.45) is 5.69. The van der Waals surface area contributed by atoms with Crippen molar-refractivity contribution in [3.05, 3.63) is 24.8 Å². The van der Waals surface area contributed by atoms with Crippen molar-refractivity contribution < 1.29 is 0 Å². The largest absolute Gasteiger partial charge is 0.290 e. The molecule has 62 valence electrons. The molecule has 0 saturated carbocycles. The van der Waals surface area contributed by atoms with Gasteiger partial charge in [0.05, 0.1) is 5.54 Å². The summed E-state index contributed by atoms with van der Waals surface area (Å²) in [7, 11) is 0. The number of hydrogen-bond acceptors (Lipinski definition) is 1. The first-order valence-electron chi connectivity index (χ1n) is 3.85. The molecule has 0 aliphatic carbocycles. The fourth-order valence-electron chi connectivity index (χ4n) is 0.691. The van der Waals surface area contributed by atoms with Gasteiger partial charge in [0.1, 0.15) is 0 Å². The van der Waals surface area contributed by atoms with Crippen molar-refractivity contribution in [2.45, 2.75) is 26.3 Å². The average molecular weight is 151 g/mol. The number of hydrogen-bond donors (Lipinski definition) is 0.